The molecule has 1 aromatic carbocycles. The Bertz CT molecular complexity index is 490. The molecule has 0 aliphatic heterocycles. The highest BCUT2D eigenvalue weighted by atomic mass is 32.2. The highest BCUT2D eigenvalue weighted by Gasteiger charge is 2.11. The van der Waals surface area contributed by atoms with Crippen molar-refractivity contribution >= 4 is 22.4 Å². The molecule has 7 heteroatoms. The van der Waals surface area contributed by atoms with Crippen LogP contribution in [0.15, 0.2) is 24.3 Å². The molecule has 5 nitrogen and oxygen atoms in total. The van der Waals surface area contributed by atoms with E-state index in [9.17, 15) is 8.42 Å². The zero-order valence-corrected chi connectivity index (χ0v) is 11.4. The second-order valence-corrected chi connectivity index (χ2v) is 6.75. The van der Waals surface area contributed by atoms with Gasteiger partial charge in [-0.05, 0) is 18.1 Å². The summed E-state index contributed by atoms with van der Waals surface area (Å²) in [6, 6.07) is 6.93. The monoisotopic (exact) mass is 271 g/mol. The molecule has 1 aromatic rings. The number of benzene rings is 1. The summed E-state index contributed by atoms with van der Waals surface area (Å²) in [5, 5.41) is 18.1. The highest BCUT2D eigenvalue weighted by molar-refractivity contribution is 7.90. The zero-order valence-electron chi connectivity index (χ0n) is 10.6. The van der Waals surface area contributed by atoms with Crippen molar-refractivity contribution in [2.45, 2.75) is 6.54 Å². The number of hydrogen-bond acceptors (Lipinski definition) is 5. The van der Waals surface area contributed by atoms with E-state index in [-0.39, 0.29) is 5.75 Å². The molecule has 0 saturated carbocycles. The fourth-order valence-corrected chi connectivity index (χ4v) is 2.21. The lowest BCUT2D eigenvalue weighted by molar-refractivity contribution is 0.346. The van der Waals surface area contributed by atoms with E-state index in [4.69, 9.17) is 10.0 Å². The van der Waals surface area contributed by atoms with E-state index in [1.165, 1.54) is 6.26 Å². The standard InChI is InChI=1S/C11H18BNO4S/c1-13(6-7-18(2,16)17)9-10-4-3-5-11(8-10)12(14)15/h3-5,8,14-15H,6-7,9H2,1-2H3. The van der Waals surface area contributed by atoms with Gasteiger partial charge in [0.2, 0.25) is 0 Å². The lowest BCUT2D eigenvalue weighted by atomic mass is 9.79. The smallest absolute Gasteiger partial charge is 0.423 e. The van der Waals surface area contributed by atoms with E-state index in [1.54, 1.807) is 18.2 Å². The van der Waals surface area contributed by atoms with E-state index >= 15 is 0 Å². The van der Waals surface area contributed by atoms with Gasteiger partial charge >= 0.3 is 7.12 Å². The average Bonchev–Trinajstić information content (AvgIpc) is 2.26. The first-order valence-electron chi connectivity index (χ1n) is 5.59. The summed E-state index contributed by atoms with van der Waals surface area (Å²) in [6.45, 7) is 1.01. The quantitative estimate of drug-likeness (QED) is 0.638. The Morgan fingerprint density at radius 1 is 1.33 bits per heavy atom. The van der Waals surface area contributed by atoms with E-state index in [0.29, 0.717) is 18.6 Å². The maximum Gasteiger partial charge on any atom is 0.488 e. The molecule has 18 heavy (non-hydrogen) atoms. The zero-order chi connectivity index (χ0) is 13.8. The second-order valence-electron chi connectivity index (χ2n) is 4.49. The third-order valence-corrected chi connectivity index (χ3v) is 3.47. The van der Waals surface area contributed by atoms with Crippen LogP contribution < -0.4 is 5.46 Å². The molecule has 0 fully saturated rings. The molecule has 0 aliphatic rings. The molecule has 0 bridgehead atoms. The summed E-state index contributed by atoms with van der Waals surface area (Å²) in [7, 11) is -2.61. The molecule has 0 amide bonds. The highest BCUT2D eigenvalue weighted by Crippen LogP contribution is 2.02. The van der Waals surface area contributed by atoms with Crippen LogP contribution in [0.3, 0.4) is 0 Å². The van der Waals surface area contributed by atoms with Crippen molar-refractivity contribution in [3.8, 4) is 0 Å². The van der Waals surface area contributed by atoms with Crippen molar-refractivity contribution in [3.63, 3.8) is 0 Å². The van der Waals surface area contributed by atoms with Gasteiger partial charge in [0.1, 0.15) is 9.84 Å². The van der Waals surface area contributed by atoms with Crippen LogP contribution in [0.25, 0.3) is 0 Å². The molecule has 0 radical (unpaired) electrons. The van der Waals surface area contributed by atoms with Crippen LogP contribution in [0.5, 0.6) is 0 Å². The van der Waals surface area contributed by atoms with Gasteiger partial charge in [-0.1, -0.05) is 24.3 Å². The Balaban J connectivity index is 2.59. The van der Waals surface area contributed by atoms with Crippen molar-refractivity contribution in [1.82, 2.24) is 4.90 Å². The third-order valence-electron chi connectivity index (χ3n) is 2.55. The van der Waals surface area contributed by atoms with Gasteiger partial charge in [-0.3, -0.25) is 0 Å². The Morgan fingerprint density at radius 3 is 2.56 bits per heavy atom. The average molecular weight is 271 g/mol. The number of nitrogens with zero attached hydrogens (tertiary/aromatic N) is 1. The van der Waals surface area contributed by atoms with E-state index in [1.807, 2.05) is 18.0 Å². The number of rotatable bonds is 6. The Labute approximate surface area is 108 Å². The van der Waals surface area contributed by atoms with E-state index in [2.05, 4.69) is 0 Å². The minimum absolute atomic E-state index is 0.117. The van der Waals surface area contributed by atoms with Crippen molar-refractivity contribution < 1.29 is 18.5 Å². The van der Waals surface area contributed by atoms with Crippen LogP contribution >= 0.6 is 0 Å². The van der Waals surface area contributed by atoms with Gasteiger partial charge in [-0.15, -0.1) is 0 Å². The molecule has 0 heterocycles. The van der Waals surface area contributed by atoms with E-state index in [0.717, 1.165) is 5.56 Å². The summed E-state index contributed by atoms with van der Waals surface area (Å²) in [6.07, 6.45) is 1.21. The predicted molar refractivity (Wildman–Crippen MR) is 72.3 cm³/mol. The van der Waals surface area contributed by atoms with Crippen LogP contribution in [-0.4, -0.2) is 56.1 Å². The molecule has 0 unspecified atom stereocenters. The van der Waals surface area contributed by atoms with E-state index < -0.39 is 17.0 Å². The number of hydrogen-bond donors (Lipinski definition) is 2. The maximum absolute atomic E-state index is 11.0. The molecule has 100 valence electrons. The lowest BCUT2D eigenvalue weighted by Gasteiger charge is -2.16. The van der Waals surface area contributed by atoms with Crippen molar-refractivity contribution in [2.24, 2.45) is 0 Å². The van der Waals surface area contributed by atoms with Crippen LogP contribution in [0, 0.1) is 0 Å². The molecule has 0 spiro atoms. The first-order chi connectivity index (χ1) is 8.28. The maximum atomic E-state index is 11.0. The first kappa shape index (κ1) is 15.2. The topological polar surface area (TPSA) is 77.8 Å². The summed E-state index contributed by atoms with van der Waals surface area (Å²) < 4.78 is 22.1. The Kier molecular flexibility index (Phi) is 5.34. The molecule has 0 aliphatic carbocycles. The second kappa shape index (κ2) is 6.33. The Hall–Kier alpha value is -0.885. The predicted octanol–water partition coefficient (Wildman–Crippen LogP) is -1.16. The molecule has 0 atom stereocenters. The first-order valence-corrected chi connectivity index (χ1v) is 7.65. The van der Waals surface area contributed by atoms with Crippen molar-refractivity contribution in [1.29, 1.82) is 0 Å². The van der Waals surface area contributed by atoms with Gasteiger partial charge in [0, 0.05) is 19.3 Å². The molecular formula is C11H18BNO4S. The fraction of sp³-hybridized carbons (Fsp3) is 0.455. The molecule has 0 aromatic heterocycles. The summed E-state index contributed by atoms with van der Waals surface area (Å²) in [4.78, 5) is 1.88. The third kappa shape index (κ3) is 5.64. The normalized spacial score (nSPS) is 11.8. The fourth-order valence-electron chi connectivity index (χ4n) is 1.56. The summed E-state index contributed by atoms with van der Waals surface area (Å²) in [5.74, 6) is 0.117. The molecule has 0 saturated heterocycles. The van der Waals surface area contributed by atoms with Crippen LogP contribution in [0.2, 0.25) is 0 Å². The summed E-state index contributed by atoms with van der Waals surface area (Å²) >= 11 is 0. The van der Waals surface area contributed by atoms with Gasteiger partial charge in [-0.25, -0.2) is 8.42 Å². The molecular weight excluding hydrogens is 253 g/mol. The minimum atomic E-state index is -2.95. The van der Waals surface area contributed by atoms with Crippen molar-refractivity contribution in [3.05, 3.63) is 29.8 Å². The van der Waals surface area contributed by atoms with Crippen LogP contribution in [0.1, 0.15) is 5.56 Å². The van der Waals surface area contributed by atoms with Gasteiger partial charge in [-0.2, -0.15) is 0 Å². The van der Waals surface area contributed by atoms with Gasteiger partial charge in [0.25, 0.3) is 0 Å². The van der Waals surface area contributed by atoms with Crippen LogP contribution in [-0.2, 0) is 16.4 Å². The minimum Gasteiger partial charge on any atom is -0.423 e. The molecule has 1 rings (SSSR count). The lowest BCUT2D eigenvalue weighted by Crippen LogP contribution is -2.31. The van der Waals surface area contributed by atoms with Gasteiger partial charge < -0.3 is 14.9 Å². The van der Waals surface area contributed by atoms with Gasteiger partial charge in [0.05, 0.1) is 5.75 Å². The Morgan fingerprint density at radius 2 is 2.00 bits per heavy atom. The summed E-state index contributed by atoms with van der Waals surface area (Å²) in [5.41, 5.74) is 1.35. The number of sulfone groups is 1. The largest absolute Gasteiger partial charge is 0.488 e. The van der Waals surface area contributed by atoms with Crippen molar-refractivity contribution in [2.75, 3.05) is 25.6 Å². The van der Waals surface area contributed by atoms with Crippen LogP contribution in [0.4, 0.5) is 0 Å². The SMILES string of the molecule is CN(CCS(C)(=O)=O)Cc1cccc(B(O)O)c1. The van der Waals surface area contributed by atoms with Gasteiger partial charge in [0.15, 0.2) is 0 Å². The molecule has 2 N–H and O–H groups in total.